The molecule has 0 unspecified atom stereocenters. The van der Waals surface area contributed by atoms with Crippen molar-refractivity contribution >= 4 is 10.0 Å². The SMILES string of the molecule is COCCCCNS(=O)(=O)c1ccc(OC)c(C)c1. The lowest BCUT2D eigenvalue weighted by Gasteiger charge is -2.09. The Morgan fingerprint density at radius 3 is 2.53 bits per heavy atom. The fourth-order valence-corrected chi connectivity index (χ4v) is 2.84. The molecular formula is C13H21NO4S. The molecule has 6 heteroatoms. The van der Waals surface area contributed by atoms with Crippen LogP contribution in [0.4, 0.5) is 0 Å². The van der Waals surface area contributed by atoms with Crippen molar-refractivity contribution in [2.75, 3.05) is 27.4 Å². The van der Waals surface area contributed by atoms with Crippen LogP contribution < -0.4 is 9.46 Å². The van der Waals surface area contributed by atoms with Gasteiger partial charge < -0.3 is 9.47 Å². The molecule has 0 radical (unpaired) electrons. The maximum Gasteiger partial charge on any atom is 0.240 e. The first kappa shape index (κ1) is 15.9. The van der Waals surface area contributed by atoms with E-state index >= 15 is 0 Å². The van der Waals surface area contributed by atoms with Crippen molar-refractivity contribution in [2.24, 2.45) is 0 Å². The quantitative estimate of drug-likeness (QED) is 0.739. The van der Waals surface area contributed by atoms with Crippen LogP contribution in [0.5, 0.6) is 5.75 Å². The molecule has 0 amide bonds. The van der Waals surface area contributed by atoms with E-state index in [9.17, 15) is 8.42 Å². The molecule has 0 aromatic heterocycles. The Labute approximate surface area is 115 Å². The zero-order chi connectivity index (χ0) is 14.3. The number of unbranched alkanes of at least 4 members (excludes halogenated alkanes) is 1. The van der Waals surface area contributed by atoms with Crippen molar-refractivity contribution < 1.29 is 17.9 Å². The molecule has 0 bridgehead atoms. The van der Waals surface area contributed by atoms with E-state index in [1.54, 1.807) is 32.4 Å². The first-order valence-corrected chi connectivity index (χ1v) is 7.63. The second-order valence-electron chi connectivity index (χ2n) is 4.23. The van der Waals surface area contributed by atoms with Crippen LogP contribution in [0.1, 0.15) is 18.4 Å². The van der Waals surface area contributed by atoms with Crippen molar-refractivity contribution in [2.45, 2.75) is 24.7 Å². The largest absolute Gasteiger partial charge is 0.496 e. The fraction of sp³-hybridized carbons (Fsp3) is 0.538. The summed E-state index contributed by atoms with van der Waals surface area (Å²) in [7, 11) is -0.252. The van der Waals surface area contributed by atoms with Gasteiger partial charge in [0.05, 0.1) is 12.0 Å². The predicted octanol–water partition coefficient (Wildman–Crippen LogP) is 1.71. The summed E-state index contributed by atoms with van der Waals surface area (Å²) in [6.07, 6.45) is 1.59. The average molecular weight is 287 g/mol. The minimum Gasteiger partial charge on any atom is -0.496 e. The van der Waals surface area contributed by atoms with Gasteiger partial charge in [0.15, 0.2) is 0 Å². The highest BCUT2D eigenvalue weighted by Gasteiger charge is 2.14. The number of benzene rings is 1. The van der Waals surface area contributed by atoms with Gasteiger partial charge in [0.25, 0.3) is 0 Å². The molecule has 0 atom stereocenters. The maximum absolute atomic E-state index is 12.0. The molecule has 108 valence electrons. The Hall–Kier alpha value is -1.11. The second-order valence-corrected chi connectivity index (χ2v) is 6.00. The molecule has 0 saturated heterocycles. The average Bonchev–Trinajstić information content (AvgIpc) is 2.38. The van der Waals surface area contributed by atoms with E-state index in [1.165, 1.54) is 0 Å². The molecule has 0 aliphatic heterocycles. The predicted molar refractivity (Wildman–Crippen MR) is 74.0 cm³/mol. The van der Waals surface area contributed by atoms with Gasteiger partial charge in [0, 0.05) is 20.3 Å². The monoisotopic (exact) mass is 287 g/mol. The molecule has 1 aromatic carbocycles. The summed E-state index contributed by atoms with van der Waals surface area (Å²) in [4.78, 5) is 0.262. The standard InChI is InChI=1S/C13H21NO4S/c1-11-10-12(6-7-13(11)18-3)19(15,16)14-8-4-5-9-17-2/h6-7,10,14H,4-5,8-9H2,1-3H3. The highest BCUT2D eigenvalue weighted by atomic mass is 32.2. The smallest absolute Gasteiger partial charge is 0.240 e. The van der Waals surface area contributed by atoms with Gasteiger partial charge in [-0.05, 0) is 43.5 Å². The number of hydrogen-bond acceptors (Lipinski definition) is 4. The Morgan fingerprint density at radius 2 is 1.95 bits per heavy atom. The third-order valence-electron chi connectivity index (χ3n) is 2.74. The number of sulfonamides is 1. The number of ether oxygens (including phenoxy) is 2. The molecule has 19 heavy (non-hydrogen) atoms. The fourth-order valence-electron chi connectivity index (χ4n) is 1.68. The summed E-state index contributed by atoms with van der Waals surface area (Å²) in [6.45, 7) is 2.87. The number of aryl methyl sites for hydroxylation is 1. The molecule has 0 aliphatic carbocycles. The molecule has 1 rings (SSSR count). The first-order valence-electron chi connectivity index (χ1n) is 6.14. The van der Waals surface area contributed by atoms with Crippen molar-refractivity contribution in [1.29, 1.82) is 0 Å². The molecule has 1 N–H and O–H groups in total. The lowest BCUT2D eigenvalue weighted by atomic mass is 10.2. The lowest BCUT2D eigenvalue weighted by molar-refractivity contribution is 0.193. The van der Waals surface area contributed by atoms with E-state index in [0.717, 1.165) is 18.4 Å². The minimum absolute atomic E-state index is 0.262. The molecular weight excluding hydrogens is 266 g/mol. The van der Waals surface area contributed by atoms with Crippen LogP contribution in [0, 0.1) is 6.92 Å². The van der Waals surface area contributed by atoms with Gasteiger partial charge in [-0.15, -0.1) is 0 Å². The summed E-state index contributed by atoms with van der Waals surface area (Å²) in [6, 6.07) is 4.81. The third-order valence-corrected chi connectivity index (χ3v) is 4.20. The molecule has 1 aromatic rings. The molecule has 5 nitrogen and oxygen atoms in total. The van der Waals surface area contributed by atoms with Gasteiger partial charge in [-0.2, -0.15) is 0 Å². The zero-order valence-corrected chi connectivity index (χ0v) is 12.4. The van der Waals surface area contributed by atoms with Crippen molar-refractivity contribution in [3.8, 4) is 5.75 Å². The first-order chi connectivity index (χ1) is 9.01. The van der Waals surface area contributed by atoms with E-state index in [-0.39, 0.29) is 4.90 Å². The van der Waals surface area contributed by atoms with Crippen LogP contribution in [0.3, 0.4) is 0 Å². The van der Waals surface area contributed by atoms with Gasteiger partial charge >= 0.3 is 0 Å². The summed E-state index contributed by atoms with van der Waals surface area (Å²) >= 11 is 0. The van der Waals surface area contributed by atoms with E-state index in [2.05, 4.69) is 4.72 Å². The van der Waals surface area contributed by atoms with Gasteiger partial charge in [-0.25, -0.2) is 13.1 Å². The number of hydrogen-bond donors (Lipinski definition) is 1. The Bertz CT molecular complexity index is 499. The maximum atomic E-state index is 12.0. The van der Waals surface area contributed by atoms with Gasteiger partial charge in [0.1, 0.15) is 5.75 Å². The highest BCUT2D eigenvalue weighted by molar-refractivity contribution is 7.89. The zero-order valence-electron chi connectivity index (χ0n) is 11.6. The normalized spacial score (nSPS) is 11.5. The number of methoxy groups -OCH3 is 2. The van der Waals surface area contributed by atoms with Crippen LogP contribution >= 0.6 is 0 Å². The Morgan fingerprint density at radius 1 is 1.21 bits per heavy atom. The van der Waals surface area contributed by atoms with Crippen LogP contribution in [0.2, 0.25) is 0 Å². The van der Waals surface area contributed by atoms with E-state index in [4.69, 9.17) is 9.47 Å². The van der Waals surface area contributed by atoms with E-state index in [0.29, 0.717) is 18.9 Å². The second kappa shape index (κ2) is 7.47. The molecule has 0 spiro atoms. The molecule has 0 heterocycles. The van der Waals surface area contributed by atoms with Crippen LogP contribution in [-0.2, 0) is 14.8 Å². The third kappa shape index (κ3) is 4.81. The molecule has 0 saturated carbocycles. The van der Waals surface area contributed by atoms with Crippen molar-refractivity contribution in [3.63, 3.8) is 0 Å². The van der Waals surface area contributed by atoms with Crippen molar-refractivity contribution in [1.82, 2.24) is 4.72 Å². The van der Waals surface area contributed by atoms with Crippen LogP contribution in [0.25, 0.3) is 0 Å². The van der Waals surface area contributed by atoms with Gasteiger partial charge in [0.2, 0.25) is 10.0 Å². The number of nitrogens with one attached hydrogen (secondary N) is 1. The van der Waals surface area contributed by atoms with Crippen LogP contribution in [0.15, 0.2) is 23.1 Å². The molecule has 0 fully saturated rings. The lowest BCUT2D eigenvalue weighted by Crippen LogP contribution is -2.25. The Balaban J connectivity index is 2.64. The summed E-state index contributed by atoms with van der Waals surface area (Å²) < 4.78 is 36.7. The van der Waals surface area contributed by atoms with Crippen LogP contribution in [-0.4, -0.2) is 35.8 Å². The summed E-state index contributed by atoms with van der Waals surface area (Å²) in [5, 5.41) is 0. The van der Waals surface area contributed by atoms with Gasteiger partial charge in [-0.1, -0.05) is 0 Å². The Kier molecular flexibility index (Phi) is 6.27. The highest BCUT2D eigenvalue weighted by Crippen LogP contribution is 2.21. The summed E-state index contributed by atoms with van der Waals surface area (Å²) in [5.41, 5.74) is 0.796. The van der Waals surface area contributed by atoms with Gasteiger partial charge in [-0.3, -0.25) is 0 Å². The van der Waals surface area contributed by atoms with Crippen molar-refractivity contribution in [3.05, 3.63) is 23.8 Å². The number of rotatable bonds is 8. The van der Waals surface area contributed by atoms with E-state index in [1.807, 2.05) is 6.92 Å². The summed E-state index contributed by atoms with van der Waals surface area (Å²) in [5.74, 6) is 0.680. The molecule has 0 aliphatic rings. The minimum atomic E-state index is -3.44. The topological polar surface area (TPSA) is 64.6 Å². The van der Waals surface area contributed by atoms with E-state index < -0.39 is 10.0 Å².